The van der Waals surface area contributed by atoms with Crippen LogP contribution in [0.1, 0.15) is 19.8 Å². The number of rotatable bonds is 4. The van der Waals surface area contributed by atoms with Gasteiger partial charge >= 0.3 is 5.69 Å². The van der Waals surface area contributed by atoms with Crippen molar-refractivity contribution in [3.05, 3.63) is 57.2 Å². The molecule has 1 fully saturated rings. The third-order valence-electron chi connectivity index (χ3n) is 4.74. The first kappa shape index (κ1) is 16.7. The smallest absolute Gasteiger partial charge is 0.337 e. The number of aromatic nitrogens is 4. The number of fused-ring (bicyclic) bond motifs is 1. The predicted molar refractivity (Wildman–Crippen MR) is 94.2 cm³/mol. The zero-order chi connectivity index (χ0) is 18.3. The van der Waals surface area contributed by atoms with Gasteiger partial charge in [-0.2, -0.15) is 0 Å². The highest BCUT2D eigenvalue weighted by atomic mass is 19.1. The third-order valence-corrected chi connectivity index (χ3v) is 4.74. The number of ether oxygens (including phenoxy) is 1. The average molecular weight is 358 g/mol. The van der Waals surface area contributed by atoms with E-state index in [1.54, 1.807) is 10.9 Å². The van der Waals surface area contributed by atoms with E-state index in [1.807, 2.05) is 6.92 Å². The van der Waals surface area contributed by atoms with Gasteiger partial charge in [0.05, 0.1) is 24.7 Å². The summed E-state index contributed by atoms with van der Waals surface area (Å²) in [4.78, 5) is 30.4. The van der Waals surface area contributed by atoms with E-state index in [2.05, 4.69) is 4.98 Å². The van der Waals surface area contributed by atoms with Crippen molar-refractivity contribution in [3.8, 4) is 5.69 Å². The van der Waals surface area contributed by atoms with Crippen LogP contribution in [-0.4, -0.2) is 31.4 Å². The summed E-state index contributed by atoms with van der Waals surface area (Å²) in [6.07, 6.45) is 3.12. The Labute approximate surface area is 148 Å². The molecular formula is C18H19FN4O3. The Morgan fingerprint density at radius 1 is 1.27 bits per heavy atom. The number of halogens is 1. The fourth-order valence-corrected chi connectivity index (χ4v) is 3.40. The van der Waals surface area contributed by atoms with Crippen LogP contribution in [0.25, 0.3) is 16.9 Å². The zero-order valence-electron chi connectivity index (χ0n) is 14.4. The molecule has 1 aliphatic heterocycles. The molecule has 7 nitrogen and oxygen atoms in total. The average Bonchev–Trinajstić information content (AvgIpc) is 3.29. The summed E-state index contributed by atoms with van der Waals surface area (Å²) in [5, 5.41) is 0. The highest BCUT2D eigenvalue weighted by Crippen LogP contribution is 2.16. The Bertz CT molecular complexity index is 1060. The highest BCUT2D eigenvalue weighted by molar-refractivity contribution is 5.72. The number of hydrogen-bond donors (Lipinski definition) is 0. The molecule has 8 heteroatoms. The molecule has 1 atom stereocenters. The molecule has 1 aliphatic rings. The topological polar surface area (TPSA) is 71.1 Å². The van der Waals surface area contributed by atoms with Gasteiger partial charge in [0.1, 0.15) is 5.82 Å². The number of imidazole rings is 1. The SMILES string of the molecule is CCn1cnc2c1c(=O)n(C[C@H]1CCCO1)c(=O)n2-c1ccc(F)cc1. The number of benzene rings is 1. The largest absolute Gasteiger partial charge is 0.376 e. The predicted octanol–water partition coefficient (Wildman–Crippen LogP) is 1.69. The lowest BCUT2D eigenvalue weighted by Crippen LogP contribution is -2.42. The minimum atomic E-state index is -0.494. The van der Waals surface area contributed by atoms with E-state index < -0.39 is 11.5 Å². The molecule has 0 N–H and O–H groups in total. The molecule has 4 rings (SSSR count). The van der Waals surface area contributed by atoms with E-state index in [1.165, 1.54) is 33.4 Å². The van der Waals surface area contributed by atoms with Crippen LogP contribution < -0.4 is 11.2 Å². The van der Waals surface area contributed by atoms with Gasteiger partial charge in [0.25, 0.3) is 5.56 Å². The summed E-state index contributed by atoms with van der Waals surface area (Å²) >= 11 is 0. The standard InChI is InChI=1S/C18H19FN4O3/c1-2-21-11-20-16-15(21)17(24)22(10-14-4-3-9-26-14)18(25)23(16)13-7-5-12(19)6-8-13/h5-8,11,14H,2-4,9-10H2,1H3/t14-/m1/s1. The maximum Gasteiger partial charge on any atom is 0.337 e. The van der Waals surface area contributed by atoms with E-state index >= 15 is 0 Å². The number of hydrogen-bond acceptors (Lipinski definition) is 4. The van der Waals surface area contributed by atoms with Crippen molar-refractivity contribution in [2.45, 2.75) is 39.0 Å². The monoisotopic (exact) mass is 358 g/mol. The fraction of sp³-hybridized carbons (Fsp3) is 0.389. The van der Waals surface area contributed by atoms with E-state index in [0.29, 0.717) is 24.4 Å². The fourth-order valence-electron chi connectivity index (χ4n) is 3.40. The molecule has 3 aromatic rings. The molecule has 0 unspecified atom stereocenters. The Balaban J connectivity index is 2.00. The van der Waals surface area contributed by atoms with Crippen LogP contribution in [0.4, 0.5) is 4.39 Å². The maximum atomic E-state index is 13.3. The number of aryl methyl sites for hydroxylation is 1. The molecule has 3 heterocycles. The zero-order valence-corrected chi connectivity index (χ0v) is 14.4. The Kier molecular flexibility index (Phi) is 4.20. The summed E-state index contributed by atoms with van der Waals surface area (Å²) < 4.78 is 23.2. The first-order valence-electron chi connectivity index (χ1n) is 8.68. The summed E-state index contributed by atoms with van der Waals surface area (Å²) in [7, 11) is 0. The molecule has 0 spiro atoms. The highest BCUT2D eigenvalue weighted by Gasteiger charge is 2.23. The molecule has 1 aromatic carbocycles. The lowest BCUT2D eigenvalue weighted by atomic mass is 10.2. The van der Waals surface area contributed by atoms with Crippen molar-refractivity contribution >= 4 is 11.2 Å². The van der Waals surface area contributed by atoms with Crippen molar-refractivity contribution in [2.24, 2.45) is 0 Å². The molecular weight excluding hydrogens is 339 g/mol. The molecule has 0 aliphatic carbocycles. The van der Waals surface area contributed by atoms with Crippen molar-refractivity contribution in [2.75, 3.05) is 6.61 Å². The minimum Gasteiger partial charge on any atom is -0.376 e. The molecule has 136 valence electrons. The molecule has 0 saturated carbocycles. The molecule has 0 amide bonds. The van der Waals surface area contributed by atoms with Gasteiger partial charge in [-0.05, 0) is 44.0 Å². The van der Waals surface area contributed by atoms with Crippen LogP contribution in [0.3, 0.4) is 0 Å². The molecule has 0 bridgehead atoms. The van der Waals surface area contributed by atoms with E-state index in [-0.39, 0.29) is 23.9 Å². The van der Waals surface area contributed by atoms with Crippen molar-refractivity contribution in [1.29, 1.82) is 0 Å². The number of nitrogens with zero attached hydrogens (tertiary/aromatic N) is 4. The van der Waals surface area contributed by atoms with Crippen molar-refractivity contribution < 1.29 is 9.13 Å². The van der Waals surface area contributed by atoms with Gasteiger partial charge in [0, 0.05) is 13.2 Å². The maximum absolute atomic E-state index is 13.3. The second-order valence-corrected chi connectivity index (χ2v) is 6.35. The Hall–Kier alpha value is -2.74. The first-order chi connectivity index (χ1) is 12.6. The Morgan fingerprint density at radius 3 is 2.69 bits per heavy atom. The van der Waals surface area contributed by atoms with Gasteiger partial charge in [-0.15, -0.1) is 0 Å². The summed E-state index contributed by atoms with van der Waals surface area (Å²) in [5.41, 5.74) is 0.222. The lowest BCUT2D eigenvalue weighted by Gasteiger charge is -2.15. The Morgan fingerprint density at radius 2 is 2.04 bits per heavy atom. The quantitative estimate of drug-likeness (QED) is 0.712. The summed E-state index contributed by atoms with van der Waals surface area (Å²) in [5.74, 6) is -0.398. The van der Waals surface area contributed by atoms with Gasteiger partial charge in [-0.25, -0.2) is 18.7 Å². The van der Waals surface area contributed by atoms with Crippen LogP contribution in [0, 0.1) is 5.82 Å². The molecule has 1 saturated heterocycles. The summed E-state index contributed by atoms with van der Waals surface area (Å²) in [6, 6.07) is 5.56. The van der Waals surface area contributed by atoms with Crippen LogP contribution in [-0.2, 0) is 17.8 Å². The van der Waals surface area contributed by atoms with Gasteiger partial charge < -0.3 is 9.30 Å². The van der Waals surface area contributed by atoms with Gasteiger partial charge in [0.2, 0.25) is 0 Å². The lowest BCUT2D eigenvalue weighted by molar-refractivity contribution is 0.0950. The van der Waals surface area contributed by atoms with E-state index in [0.717, 1.165) is 12.8 Å². The van der Waals surface area contributed by atoms with Gasteiger partial charge in [-0.3, -0.25) is 9.36 Å². The normalized spacial score (nSPS) is 17.2. The molecule has 0 radical (unpaired) electrons. The van der Waals surface area contributed by atoms with Gasteiger partial charge in [-0.1, -0.05) is 0 Å². The van der Waals surface area contributed by atoms with Crippen LogP contribution in [0.15, 0.2) is 40.2 Å². The third kappa shape index (κ3) is 2.66. The van der Waals surface area contributed by atoms with E-state index in [4.69, 9.17) is 4.74 Å². The van der Waals surface area contributed by atoms with Crippen LogP contribution >= 0.6 is 0 Å². The van der Waals surface area contributed by atoms with Crippen molar-refractivity contribution in [3.63, 3.8) is 0 Å². The van der Waals surface area contributed by atoms with Crippen LogP contribution in [0.2, 0.25) is 0 Å². The first-order valence-corrected chi connectivity index (χ1v) is 8.68. The molecule has 26 heavy (non-hydrogen) atoms. The van der Waals surface area contributed by atoms with Gasteiger partial charge in [0.15, 0.2) is 11.2 Å². The minimum absolute atomic E-state index is 0.155. The second kappa shape index (κ2) is 6.53. The van der Waals surface area contributed by atoms with Crippen molar-refractivity contribution in [1.82, 2.24) is 18.7 Å². The molecule has 2 aromatic heterocycles. The van der Waals surface area contributed by atoms with Crippen LogP contribution in [0.5, 0.6) is 0 Å². The van der Waals surface area contributed by atoms with E-state index in [9.17, 15) is 14.0 Å². The second-order valence-electron chi connectivity index (χ2n) is 6.35. The summed E-state index contributed by atoms with van der Waals surface area (Å²) in [6.45, 7) is 3.29.